The van der Waals surface area contributed by atoms with Crippen molar-refractivity contribution in [3.05, 3.63) is 54.1 Å². The summed E-state index contributed by atoms with van der Waals surface area (Å²) < 4.78 is 36.5. The van der Waals surface area contributed by atoms with Crippen molar-refractivity contribution in [3.63, 3.8) is 0 Å². The molecule has 0 saturated carbocycles. The lowest BCUT2D eigenvalue weighted by Gasteiger charge is -2.29. The van der Waals surface area contributed by atoms with Crippen molar-refractivity contribution in [2.45, 2.75) is 45.7 Å². The fraction of sp³-hybridized carbons (Fsp3) is 0.462. The fourth-order valence-electron chi connectivity index (χ4n) is 3.66. The molecule has 0 spiro atoms. The van der Waals surface area contributed by atoms with Gasteiger partial charge in [0.15, 0.2) is 0 Å². The van der Waals surface area contributed by atoms with E-state index in [1.807, 2.05) is 19.1 Å². The first-order valence-corrected chi connectivity index (χ1v) is 13.8. The van der Waals surface area contributed by atoms with E-state index < -0.39 is 16.1 Å². The quantitative estimate of drug-likeness (QED) is 0.411. The molecule has 0 heterocycles. The van der Waals surface area contributed by atoms with E-state index in [4.69, 9.17) is 9.47 Å². The molecule has 0 aliphatic rings. The molecule has 0 bridgehead atoms. The Morgan fingerprint density at radius 1 is 0.972 bits per heavy atom. The second-order valence-electron chi connectivity index (χ2n) is 8.47. The Morgan fingerprint density at radius 2 is 1.53 bits per heavy atom. The summed E-state index contributed by atoms with van der Waals surface area (Å²) in [5.41, 5.74) is 1.35. The second-order valence-corrected chi connectivity index (χ2v) is 10.4. The number of rotatable bonds is 14. The van der Waals surface area contributed by atoms with Crippen LogP contribution in [0.1, 0.15) is 38.7 Å². The minimum absolute atomic E-state index is 0.0870. The van der Waals surface area contributed by atoms with E-state index in [1.54, 1.807) is 50.4 Å². The number of amides is 2. The molecule has 198 valence electrons. The van der Waals surface area contributed by atoms with E-state index in [1.165, 1.54) is 16.3 Å². The zero-order valence-electron chi connectivity index (χ0n) is 21.7. The Morgan fingerprint density at radius 3 is 2.03 bits per heavy atom. The summed E-state index contributed by atoms with van der Waals surface area (Å²) in [4.78, 5) is 27.5. The van der Waals surface area contributed by atoms with Crippen molar-refractivity contribution in [3.8, 4) is 11.5 Å². The van der Waals surface area contributed by atoms with Crippen molar-refractivity contribution in [1.29, 1.82) is 0 Å². The second kappa shape index (κ2) is 13.7. The van der Waals surface area contributed by atoms with Gasteiger partial charge in [-0.3, -0.25) is 13.9 Å². The van der Waals surface area contributed by atoms with Gasteiger partial charge in [-0.2, -0.15) is 0 Å². The predicted octanol–water partition coefficient (Wildman–Crippen LogP) is 3.19. The monoisotopic (exact) mass is 519 g/mol. The Hall–Kier alpha value is -3.27. The summed E-state index contributed by atoms with van der Waals surface area (Å²) in [7, 11) is -0.441. The molecule has 9 nitrogen and oxygen atoms in total. The van der Waals surface area contributed by atoms with Crippen molar-refractivity contribution in [2.75, 3.05) is 37.9 Å². The van der Waals surface area contributed by atoms with Gasteiger partial charge in [0.2, 0.25) is 21.8 Å². The number of ether oxygens (including phenoxy) is 2. The number of methoxy groups -OCH3 is 2. The number of hydrogen-bond acceptors (Lipinski definition) is 6. The topological polar surface area (TPSA) is 105 Å². The van der Waals surface area contributed by atoms with Crippen LogP contribution in [-0.4, -0.2) is 64.7 Å². The molecule has 2 rings (SSSR count). The zero-order chi connectivity index (χ0) is 26.7. The maximum atomic E-state index is 13.3. The van der Waals surface area contributed by atoms with Crippen LogP contribution in [0.15, 0.2) is 48.5 Å². The highest BCUT2D eigenvalue weighted by Crippen LogP contribution is 2.22. The number of nitrogens with zero attached hydrogens (tertiary/aromatic N) is 2. The van der Waals surface area contributed by atoms with Crippen LogP contribution < -0.4 is 19.1 Å². The molecule has 0 aromatic heterocycles. The van der Waals surface area contributed by atoms with Gasteiger partial charge in [0.25, 0.3) is 0 Å². The van der Waals surface area contributed by atoms with Crippen LogP contribution in [-0.2, 0) is 26.2 Å². The van der Waals surface area contributed by atoms with Gasteiger partial charge in [0, 0.05) is 26.1 Å². The molecule has 2 amide bonds. The molecule has 10 heteroatoms. The molecule has 0 aliphatic carbocycles. The normalized spacial score (nSPS) is 11.9. The smallest absolute Gasteiger partial charge is 0.242 e. The minimum atomic E-state index is -3.56. The molecule has 0 unspecified atom stereocenters. The van der Waals surface area contributed by atoms with Crippen LogP contribution in [0.4, 0.5) is 5.69 Å². The molecular weight excluding hydrogens is 482 g/mol. The van der Waals surface area contributed by atoms with Crippen LogP contribution in [0.3, 0.4) is 0 Å². The van der Waals surface area contributed by atoms with Crippen molar-refractivity contribution < 1.29 is 27.5 Å². The molecular formula is C26H37N3O6S. The number of hydrogen-bond donors (Lipinski definition) is 1. The molecule has 0 saturated heterocycles. The Balaban J connectivity index is 2.15. The lowest BCUT2D eigenvalue weighted by molar-refractivity contribution is -0.140. The summed E-state index contributed by atoms with van der Waals surface area (Å²) in [5, 5.41) is 2.85. The van der Waals surface area contributed by atoms with Gasteiger partial charge in [-0.1, -0.05) is 19.1 Å². The van der Waals surface area contributed by atoms with Crippen LogP contribution in [0, 0.1) is 0 Å². The van der Waals surface area contributed by atoms with E-state index in [0.717, 1.165) is 18.2 Å². The SMILES string of the molecule is CCCNC(=O)[C@H](C)N(Cc1ccc(OC)cc1)C(=O)CCCN(c1ccc(OC)cc1)S(C)(=O)=O. The number of sulfonamides is 1. The summed E-state index contributed by atoms with van der Waals surface area (Å²) in [5.74, 6) is 0.861. The molecule has 0 radical (unpaired) electrons. The third-order valence-corrected chi connectivity index (χ3v) is 6.94. The Kier molecular flexibility index (Phi) is 11.0. The Bertz CT molecular complexity index is 1090. The lowest BCUT2D eigenvalue weighted by Crippen LogP contribution is -2.47. The van der Waals surface area contributed by atoms with Crippen LogP contribution in [0.2, 0.25) is 0 Å². The number of carbonyl (C=O) groups excluding carboxylic acids is 2. The highest BCUT2D eigenvalue weighted by atomic mass is 32.2. The summed E-state index contributed by atoms with van der Waals surface area (Å²) in [6.07, 6.45) is 2.30. The highest BCUT2D eigenvalue weighted by Gasteiger charge is 2.26. The third kappa shape index (κ3) is 8.44. The first-order valence-electron chi connectivity index (χ1n) is 11.9. The van der Waals surface area contributed by atoms with Crippen molar-refractivity contribution in [2.24, 2.45) is 0 Å². The van der Waals surface area contributed by atoms with E-state index in [-0.39, 0.29) is 31.3 Å². The first-order chi connectivity index (χ1) is 17.1. The lowest BCUT2D eigenvalue weighted by atomic mass is 10.1. The maximum absolute atomic E-state index is 13.3. The van der Waals surface area contributed by atoms with E-state index >= 15 is 0 Å². The molecule has 36 heavy (non-hydrogen) atoms. The van der Waals surface area contributed by atoms with Gasteiger partial charge in [-0.25, -0.2) is 8.42 Å². The summed E-state index contributed by atoms with van der Waals surface area (Å²) >= 11 is 0. The summed E-state index contributed by atoms with van der Waals surface area (Å²) in [6, 6.07) is 13.3. The van der Waals surface area contributed by atoms with Crippen LogP contribution in [0.5, 0.6) is 11.5 Å². The highest BCUT2D eigenvalue weighted by molar-refractivity contribution is 7.92. The third-order valence-electron chi connectivity index (χ3n) is 5.74. The molecule has 2 aromatic carbocycles. The molecule has 1 N–H and O–H groups in total. The minimum Gasteiger partial charge on any atom is -0.497 e. The summed E-state index contributed by atoms with van der Waals surface area (Å²) in [6.45, 7) is 4.56. The van der Waals surface area contributed by atoms with Gasteiger partial charge >= 0.3 is 0 Å². The predicted molar refractivity (Wildman–Crippen MR) is 141 cm³/mol. The maximum Gasteiger partial charge on any atom is 0.242 e. The van der Waals surface area contributed by atoms with E-state index in [9.17, 15) is 18.0 Å². The van der Waals surface area contributed by atoms with Gasteiger partial charge < -0.3 is 19.7 Å². The number of anilines is 1. The van der Waals surface area contributed by atoms with E-state index in [2.05, 4.69) is 5.32 Å². The largest absolute Gasteiger partial charge is 0.497 e. The van der Waals surface area contributed by atoms with Crippen molar-refractivity contribution in [1.82, 2.24) is 10.2 Å². The number of nitrogens with one attached hydrogen (secondary N) is 1. The molecule has 1 atom stereocenters. The average molecular weight is 520 g/mol. The van der Waals surface area contributed by atoms with Gasteiger partial charge in [0.05, 0.1) is 26.2 Å². The van der Waals surface area contributed by atoms with Crippen LogP contribution >= 0.6 is 0 Å². The molecule has 0 fully saturated rings. The van der Waals surface area contributed by atoms with Crippen LogP contribution in [0.25, 0.3) is 0 Å². The first kappa shape index (κ1) is 29.0. The molecule has 2 aromatic rings. The fourth-order valence-corrected chi connectivity index (χ4v) is 4.62. The number of carbonyl (C=O) groups is 2. The van der Waals surface area contributed by atoms with Gasteiger partial charge in [0.1, 0.15) is 17.5 Å². The van der Waals surface area contributed by atoms with Gasteiger partial charge in [-0.05, 0) is 61.7 Å². The molecule has 0 aliphatic heterocycles. The van der Waals surface area contributed by atoms with Gasteiger partial charge in [-0.15, -0.1) is 0 Å². The van der Waals surface area contributed by atoms with E-state index in [0.29, 0.717) is 30.2 Å². The number of benzene rings is 2. The standard InChI is InChI=1S/C26H37N3O6S/c1-6-17-27-26(31)20(2)28(19-21-9-13-23(34-3)14-10-21)25(30)8-7-18-29(36(5,32)33)22-11-15-24(35-4)16-12-22/h9-16,20H,6-8,17-19H2,1-5H3,(H,27,31)/t20-/m0/s1. The average Bonchev–Trinajstić information content (AvgIpc) is 2.87. The van der Waals surface area contributed by atoms with Crippen molar-refractivity contribution >= 4 is 27.5 Å². The zero-order valence-corrected chi connectivity index (χ0v) is 22.5. The Labute approximate surface area is 214 Å².